The molecule has 0 atom stereocenters. The fourth-order valence-corrected chi connectivity index (χ4v) is 2.04. The van der Waals surface area contributed by atoms with E-state index in [0.717, 1.165) is 28.1 Å². The van der Waals surface area contributed by atoms with Crippen LogP contribution in [0.1, 0.15) is 5.56 Å². The number of alkyl halides is 1. The molecule has 0 fully saturated rings. The van der Waals surface area contributed by atoms with E-state index in [2.05, 4.69) is 21.2 Å². The molecule has 90 valence electrons. The zero-order valence-electron chi connectivity index (χ0n) is 8.81. The molecule has 0 radical (unpaired) electrons. The van der Waals surface area contributed by atoms with Gasteiger partial charge in [-0.25, -0.2) is 0 Å². The maximum atomic E-state index is 6.07. The first-order valence-electron chi connectivity index (χ1n) is 5.02. The zero-order chi connectivity index (χ0) is 11.8. The molecule has 0 unspecified atom stereocenters. The first-order chi connectivity index (χ1) is 7.74. The minimum Gasteiger partial charge on any atom is -0.379 e. The quantitative estimate of drug-likeness (QED) is 0.612. The summed E-state index contributed by atoms with van der Waals surface area (Å²) in [6.07, 6.45) is 0. The van der Waals surface area contributed by atoms with Crippen LogP contribution in [0, 0.1) is 0 Å². The fraction of sp³-hybridized carbons (Fsp3) is 0.455. The van der Waals surface area contributed by atoms with Gasteiger partial charge in [-0.3, -0.25) is 0 Å². The summed E-state index contributed by atoms with van der Waals surface area (Å²) in [5, 5.41) is 4.02. The van der Waals surface area contributed by atoms with Crippen LogP contribution in [0.5, 0.6) is 0 Å². The highest BCUT2D eigenvalue weighted by Gasteiger charge is 2.00. The summed E-state index contributed by atoms with van der Waals surface area (Å²) in [6.45, 7) is 2.81. The third-order valence-corrected chi connectivity index (χ3v) is 2.97. The second kappa shape index (κ2) is 8.31. The van der Waals surface area contributed by atoms with Gasteiger partial charge in [0.1, 0.15) is 0 Å². The van der Waals surface area contributed by atoms with Crippen molar-refractivity contribution in [2.24, 2.45) is 0 Å². The lowest BCUT2D eigenvalue weighted by molar-refractivity contribution is 0.151. The van der Waals surface area contributed by atoms with Gasteiger partial charge in [0.05, 0.1) is 13.2 Å². The molecule has 1 aromatic carbocycles. The van der Waals surface area contributed by atoms with Crippen LogP contribution in [0.3, 0.4) is 0 Å². The average molecular weight is 327 g/mol. The molecule has 0 aliphatic carbocycles. The molecule has 16 heavy (non-hydrogen) atoms. The van der Waals surface area contributed by atoms with Gasteiger partial charge >= 0.3 is 0 Å². The highest BCUT2D eigenvalue weighted by atomic mass is 79.9. The highest BCUT2D eigenvalue weighted by Crippen LogP contribution is 2.20. The molecule has 0 spiro atoms. The smallest absolute Gasteiger partial charge is 0.0602 e. The topological polar surface area (TPSA) is 21.3 Å². The molecule has 0 aromatic heterocycles. The summed E-state index contributed by atoms with van der Waals surface area (Å²) >= 11 is 14.9. The molecule has 0 saturated heterocycles. The maximum absolute atomic E-state index is 6.07. The van der Waals surface area contributed by atoms with Crippen molar-refractivity contribution in [3.05, 3.63) is 33.3 Å². The lowest BCUT2D eigenvalue weighted by Gasteiger charge is -2.07. The molecule has 2 nitrogen and oxygen atoms in total. The first kappa shape index (κ1) is 14.3. The molecule has 1 rings (SSSR count). The SMILES string of the molecule is ClCCOCCNCc1ccc(Br)cc1Cl. The van der Waals surface area contributed by atoms with Crippen molar-refractivity contribution >= 4 is 39.1 Å². The van der Waals surface area contributed by atoms with Crippen LogP contribution >= 0.6 is 39.1 Å². The molecule has 0 saturated carbocycles. The van der Waals surface area contributed by atoms with E-state index in [9.17, 15) is 0 Å². The van der Waals surface area contributed by atoms with E-state index in [4.69, 9.17) is 27.9 Å². The van der Waals surface area contributed by atoms with E-state index < -0.39 is 0 Å². The summed E-state index contributed by atoms with van der Waals surface area (Å²) in [5.41, 5.74) is 1.09. The van der Waals surface area contributed by atoms with E-state index in [1.807, 2.05) is 18.2 Å². The second-order valence-electron chi connectivity index (χ2n) is 3.21. The van der Waals surface area contributed by atoms with Crippen molar-refractivity contribution in [2.45, 2.75) is 6.54 Å². The van der Waals surface area contributed by atoms with E-state index in [-0.39, 0.29) is 0 Å². The minimum atomic E-state index is 0.540. The summed E-state index contributed by atoms with van der Waals surface area (Å²) in [7, 11) is 0. The van der Waals surface area contributed by atoms with Crippen molar-refractivity contribution in [3.63, 3.8) is 0 Å². The van der Waals surface area contributed by atoms with E-state index in [1.54, 1.807) is 0 Å². The minimum absolute atomic E-state index is 0.540. The normalized spacial score (nSPS) is 10.7. The summed E-state index contributed by atoms with van der Waals surface area (Å²) in [4.78, 5) is 0. The monoisotopic (exact) mass is 325 g/mol. The Bertz CT molecular complexity index is 323. The third kappa shape index (κ3) is 5.51. The van der Waals surface area contributed by atoms with Gasteiger partial charge in [0, 0.05) is 28.5 Å². The van der Waals surface area contributed by atoms with Gasteiger partial charge in [-0.1, -0.05) is 33.6 Å². The van der Waals surface area contributed by atoms with Crippen LogP contribution in [-0.4, -0.2) is 25.6 Å². The van der Waals surface area contributed by atoms with Crippen LogP contribution in [0.2, 0.25) is 5.02 Å². The first-order valence-corrected chi connectivity index (χ1v) is 6.73. The van der Waals surface area contributed by atoms with Gasteiger partial charge in [-0.15, -0.1) is 11.6 Å². The molecular weight excluding hydrogens is 313 g/mol. The molecular formula is C11H14BrCl2NO. The highest BCUT2D eigenvalue weighted by molar-refractivity contribution is 9.10. The Morgan fingerprint density at radius 1 is 1.31 bits per heavy atom. The Morgan fingerprint density at radius 2 is 2.12 bits per heavy atom. The number of benzene rings is 1. The Hall–Kier alpha value is 0.200. The second-order valence-corrected chi connectivity index (χ2v) is 4.91. The Morgan fingerprint density at radius 3 is 2.81 bits per heavy atom. The Balaban J connectivity index is 2.21. The average Bonchev–Trinajstić information content (AvgIpc) is 2.26. The van der Waals surface area contributed by atoms with Gasteiger partial charge in [0.15, 0.2) is 0 Å². The predicted molar refractivity (Wildman–Crippen MR) is 72.4 cm³/mol. The van der Waals surface area contributed by atoms with Crippen LogP contribution in [0.25, 0.3) is 0 Å². The van der Waals surface area contributed by atoms with Crippen LogP contribution in [0.4, 0.5) is 0 Å². The zero-order valence-corrected chi connectivity index (χ0v) is 11.9. The van der Waals surface area contributed by atoms with Crippen molar-refractivity contribution in [1.82, 2.24) is 5.32 Å². The van der Waals surface area contributed by atoms with E-state index in [0.29, 0.717) is 19.1 Å². The third-order valence-electron chi connectivity index (χ3n) is 1.98. The summed E-state index contributed by atoms with van der Waals surface area (Å²) in [6, 6.07) is 5.87. The van der Waals surface area contributed by atoms with Crippen LogP contribution in [-0.2, 0) is 11.3 Å². The molecule has 0 amide bonds. The van der Waals surface area contributed by atoms with Gasteiger partial charge in [-0.05, 0) is 17.7 Å². The van der Waals surface area contributed by atoms with Crippen LogP contribution in [0.15, 0.2) is 22.7 Å². The standard InChI is InChI=1S/C11H14BrCl2NO/c12-10-2-1-9(11(14)7-10)8-15-4-6-16-5-3-13/h1-2,7,15H,3-6,8H2. The van der Waals surface area contributed by atoms with E-state index in [1.165, 1.54) is 0 Å². The number of hydrogen-bond donors (Lipinski definition) is 1. The van der Waals surface area contributed by atoms with Crippen LogP contribution < -0.4 is 5.32 Å². The van der Waals surface area contributed by atoms with Crippen molar-refractivity contribution in [2.75, 3.05) is 25.6 Å². The number of hydrogen-bond acceptors (Lipinski definition) is 2. The molecule has 5 heteroatoms. The van der Waals surface area contributed by atoms with Gasteiger partial charge in [0.25, 0.3) is 0 Å². The molecule has 1 N–H and O–H groups in total. The molecule has 0 aliphatic heterocycles. The van der Waals surface area contributed by atoms with Gasteiger partial charge < -0.3 is 10.1 Å². The van der Waals surface area contributed by atoms with Crippen molar-refractivity contribution < 1.29 is 4.74 Å². The van der Waals surface area contributed by atoms with E-state index >= 15 is 0 Å². The molecule has 0 heterocycles. The largest absolute Gasteiger partial charge is 0.379 e. The maximum Gasteiger partial charge on any atom is 0.0602 e. The number of halogens is 3. The summed E-state index contributed by atoms with van der Waals surface area (Å²) < 4.78 is 6.23. The lowest BCUT2D eigenvalue weighted by atomic mass is 10.2. The molecule has 0 bridgehead atoms. The van der Waals surface area contributed by atoms with Gasteiger partial charge in [-0.2, -0.15) is 0 Å². The summed E-state index contributed by atoms with van der Waals surface area (Å²) in [5.74, 6) is 0.540. The van der Waals surface area contributed by atoms with Crippen molar-refractivity contribution in [1.29, 1.82) is 0 Å². The number of ether oxygens (including phenoxy) is 1. The molecule has 1 aromatic rings. The van der Waals surface area contributed by atoms with Gasteiger partial charge in [0.2, 0.25) is 0 Å². The number of rotatable bonds is 7. The Kier molecular flexibility index (Phi) is 7.41. The predicted octanol–water partition coefficient (Wildman–Crippen LogP) is 3.45. The van der Waals surface area contributed by atoms with Crippen molar-refractivity contribution in [3.8, 4) is 0 Å². The molecule has 0 aliphatic rings. The Labute approximate surface area is 114 Å². The number of nitrogens with one attached hydrogen (secondary N) is 1. The fourth-order valence-electron chi connectivity index (χ4n) is 1.19. The lowest BCUT2D eigenvalue weighted by Crippen LogP contribution is -2.19.